The largest absolute Gasteiger partial charge is 0.461 e. The Hall–Kier alpha value is -2.11. The van der Waals surface area contributed by atoms with E-state index in [0.29, 0.717) is 25.0 Å². The zero-order valence-electron chi connectivity index (χ0n) is 17.9. The van der Waals surface area contributed by atoms with E-state index < -0.39 is 17.5 Å². The van der Waals surface area contributed by atoms with Crippen molar-refractivity contribution in [2.24, 2.45) is 17.3 Å². The first-order valence-electron chi connectivity index (χ1n) is 10.8. The van der Waals surface area contributed by atoms with Crippen LogP contribution in [0.1, 0.15) is 50.7 Å². The number of carbonyl (C=O) groups excluding carboxylic acids is 1. The van der Waals surface area contributed by atoms with Gasteiger partial charge in [-0.3, -0.25) is 0 Å². The topological polar surface area (TPSA) is 65.0 Å². The Kier molecular flexibility index (Phi) is 4.10. The maximum atomic E-state index is 13.2. The number of hydrogen-bond acceptors (Lipinski definition) is 5. The van der Waals surface area contributed by atoms with Crippen LogP contribution in [0.5, 0.6) is 5.75 Å². The average Bonchev–Trinajstić information content (AvgIpc) is 3.11. The highest BCUT2D eigenvalue weighted by Crippen LogP contribution is 2.59. The van der Waals surface area contributed by atoms with Crippen LogP contribution < -0.4 is 4.74 Å². The van der Waals surface area contributed by atoms with E-state index in [9.17, 15) is 9.90 Å². The summed E-state index contributed by atoms with van der Waals surface area (Å²) < 4.78 is 18.3. The molecule has 0 aromatic heterocycles. The molecule has 1 aliphatic carbocycles. The zero-order chi connectivity index (χ0) is 21.5. The number of esters is 1. The molecule has 1 saturated carbocycles. The van der Waals surface area contributed by atoms with Crippen LogP contribution in [0.4, 0.5) is 0 Å². The van der Waals surface area contributed by atoms with Gasteiger partial charge in [0, 0.05) is 11.5 Å². The molecule has 160 valence electrons. The van der Waals surface area contributed by atoms with Gasteiger partial charge in [0.2, 0.25) is 6.29 Å². The summed E-state index contributed by atoms with van der Waals surface area (Å²) in [6, 6.07) is 5.77. The normalized spacial score (nSPS) is 43.9. The summed E-state index contributed by atoms with van der Waals surface area (Å²) in [5.74, 6) is 0.393. The fraction of sp³-hybridized carbons (Fsp3) is 0.560. The standard InChI is InChI=1S/C25H30O5/c1-6-23(5)13-20-18(12-17(23)14(2)3)25(21(26)28-20)10-9-24(27)16-8-7-15(4)11-19(16)29-22(24)30-25/h6-8,11,17-18,20,22,27H,1-2,9-10,12-13H2,3-5H3/t17-,18-,20+,22-,23+,24+,25+/m1/s1. The lowest BCUT2D eigenvalue weighted by atomic mass is 9.58. The van der Waals surface area contributed by atoms with E-state index >= 15 is 0 Å². The monoisotopic (exact) mass is 410 g/mol. The second-order valence-corrected chi connectivity index (χ2v) is 9.98. The second kappa shape index (κ2) is 6.21. The first kappa shape index (κ1) is 19.8. The van der Waals surface area contributed by atoms with Crippen molar-refractivity contribution in [1.29, 1.82) is 0 Å². The molecule has 2 saturated heterocycles. The van der Waals surface area contributed by atoms with Gasteiger partial charge in [-0.2, -0.15) is 0 Å². The SMILES string of the molecule is C=C[C@@]1(C)C[C@@H]2OC(=O)[C@]3(CC[C@]4(O)c5ccc(C)cc5O[C@@H]4O3)[C@@H]2C[C@@H]1C(=C)C. The Balaban J connectivity index is 1.49. The van der Waals surface area contributed by atoms with Gasteiger partial charge in [-0.1, -0.05) is 37.3 Å². The molecule has 1 spiro atoms. The van der Waals surface area contributed by atoms with Crippen LogP contribution in [0.3, 0.4) is 0 Å². The lowest BCUT2D eigenvalue weighted by Gasteiger charge is -2.49. The molecule has 30 heavy (non-hydrogen) atoms. The van der Waals surface area contributed by atoms with Crippen molar-refractivity contribution in [3.05, 3.63) is 54.1 Å². The van der Waals surface area contributed by atoms with Gasteiger partial charge < -0.3 is 19.3 Å². The van der Waals surface area contributed by atoms with E-state index in [2.05, 4.69) is 20.1 Å². The van der Waals surface area contributed by atoms with Crippen LogP contribution >= 0.6 is 0 Å². The molecule has 0 bridgehead atoms. The Bertz CT molecular complexity index is 953. The summed E-state index contributed by atoms with van der Waals surface area (Å²) >= 11 is 0. The van der Waals surface area contributed by atoms with E-state index in [4.69, 9.17) is 14.2 Å². The maximum Gasteiger partial charge on any atom is 0.339 e. The summed E-state index contributed by atoms with van der Waals surface area (Å²) in [4.78, 5) is 13.2. The fourth-order valence-corrected chi connectivity index (χ4v) is 6.23. The highest BCUT2D eigenvalue weighted by Gasteiger charge is 2.68. The molecule has 1 N–H and O–H groups in total. The Morgan fingerprint density at radius 2 is 2.07 bits per heavy atom. The molecular weight excluding hydrogens is 380 g/mol. The summed E-state index contributed by atoms with van der Waals surface area (Å²) in [6.07, 6.45) is 3.07. The van der Waals surface area contributed by atoms with Crippen LogP contribution in [-0.2, 0) is 19.9 Å². The molecule has 0 radical (unpaired) electrons. The first-order valence-corrected chi connectivity index (χ1v) is 10.8. The Morgan fingerprint density at radius 3 is 2.77 bits per heavy atom. The third kappa shape index (κ3) is 2.45. The van der Waals surface area contributed by atoms with E-state index in [0.717, 1.165) is 23.1 Å². The van der Waals surface area contributed by atoms with Crippen molar-refractivity contribution < 1.29 is 24.1 Å². The number of fused-ring (bicyclic) bond motifs is 5. The number of ether oxygens (including phenoxy) is 3. The molecule has 3 aliphatic heterocycles. The predicted octanol–water partition coefficient (Wildman–Crippen LogP) is 4.17. The molecule has 5 nitrogen and oxygen atoms in total. The molecule has 0 amide bonds. The molecular formula is C25H30O5. The molecule has 7 atom stereocenters. The van der Waals surface area contributed by atoms with Crippen LogP contribution in [0, 0.1) is 24.2 Å². The van der Waals surface area contributed by atoms with Gasteiger partial charge in [-0.15, -0.1) is 6.58 Å². The third-order valence-electron chi connectivity index (χ3n) is 8.06. The zero-order valence-corrected chi connectivity index (χ0v) is 17.9. The van der Waals surface area contributed by atoms with Gasteiger partial charge in [0.1, 0.15) is 11.9 Å². The minimum atomic E-state index is -1.25. The third-order valence-corrected chi connectivity index (χ3v) is 8.06. The van der Waals surface area contributed by atoms with Gasteiger partial charge in [0.05, 0.1) is 0 Å². The fourth-order valence-electron chi connectivity index (χ4n) is 6.23. The number of allylic oxidation sites excluding steroid dienone is 2. The van der Waals surface area contributed by atoms with Crippen molar-refractivity contribution in [3.63, 3.8) is 0 Å². The minimum absolute atomic E-state index is 0.0988. The summed E-state index contributed by atoms with van der Waals surface area (Å²) in [5.41, 5.74) is 0.355. The van der Waals surface area contributed by atoms with Gasteiger partial charge in [0.25, 0.3) is 0 Å². The van der Waals surface area contributed by atoms with E-state index in [1.807, 2.05) is 38.1 Å². The van der Waals surface area contributed by atoms with Crippen molar-refractivity contribution in [1.82, 2.24) is 0 Å². The lowest BCUT2D eigenvalue weighted by Crippen LogP contribution is -2.59. The predicted molar refractivity (Wildman–Crippen MR) is 112 cm³/mol. The molecule has 5 rings (SSSR count). The smallest absolute Gasteiger partial charge is 0.339 e. The van der Waals surface area contributed by atoms with Crippen molar-refractivity contribution in [2.75, 3.05) is 0 Å². The highest BCUT2D eigenvalue weighted by molar-refractivity contribution is 5.83. The number of hydrogen-bond donors (Lipinski definition) is 1. The van der Waals surface area contributed by atoms with Crippen molar-refractivity contribution in [2.45, 2.75) is 70.1 Å². The minimum Gasteiger partial charge on any atom is -0.461 e. The Labute approximate surface area is 177 Å². The molecule has 3 heterocycles. The molecule has 4 aliphatic rings. The summed E-state index contributed by atoms with van der Waals surface area (Å²) in [7, 11) is 0. The molecule has 5 heteroatoms. The Morgan fingerprint density at radius 1 is 1.30 bits per heavy atom. The van der Waals surface area contributed by atoms with Crippen LogP contribution in [0.15, 0.2) is 43.0 Å². The maximum absolute atomic E-state index is 13.2. The number of carbonyl (C=O) groups is 1. The number of aliphatic hydroxyl groups is 1. The quantitative estimate of drug-likeness (QED) is 0.586. The summed E-state index contributed by atoms with van der Waals surface area (Å²) in [5, 5.41) is 11.4. The van der Waals surface area contributed by atoms with Crippen molar-refractivity contribution >= 4 is 5.97 Å². The van der Waals surface area contributed by atoms with E-state index in [1.165, 1.54) is 0 Å². The van der Waals surface area contributed by atoms with Crippen LogP contribution in [0.25, 0.3) is 0 Å². The van der Waals surface area contributed by atoms with Crippen LogP contribution in [0.2, 0.25) is 0 Å². The molecule has 1 aromatic rings. The van der Waals surface area contributed by atoms with E-state index in [-0.39, 0.29) is 29.3 Å². The molecule has 3 fully saturated rings. The summed E-state index contributed by atoms with van der Waals surface area (Å²) in [6.45, 7) is 14.4. The van der Waals surface area contributed by atoms with Gasteiger partial charge in [-0.25, -0.2) is 4.79 Å². The molecule has 1 aromatic carbocycles. The number of rotatable bonds is 2. The van der Waals surface area contributed by atoms with Gasteiger partial charge in [-0.05, 0) is 62.5 Å². The number of benzene rings is 1. The number of aryl methyl sites for hydroxylation is 1. The van der Waals surface area contributed by atoms with Crippen molar-refractivity contribution in [3.8, 4) is 5.75 Å². The van der Waals surface area contributed by atoms with E-state index in [1.54, 1.807) is 0 Å². The van der Waals surface area contributed by atoms with Gasteiger partial charge >= 0.3 is 5.97 Å². The second-order valence-electron chi connectivity index (χ2n) is 9.98. The lowest BCUT2D eigenvalue weighted by molar-refractivity contribution is -0.278. The molecule has 0 unspecified atom stereocenters. The van der Waals surface area contributed by atoms with Gasteiger partial charge in [0.15, 0.2) is 11.2 Å². The average molecular weight is 411 g/mol. The van der Waals surface area contributed by atoms with Crippen LogP contribution in [-0.4, -0.2) is 29.1 Å². The highest BCUT2D eigenvalue weighted by atomic mass is 16.7. The first-order chi connectivity index (χ1) is 14.1.